The highest BCUT2D eigenvalue weighted by atomic mass is 16.6. The van der Waals surface area contributed by atoms with E-state index in [1.807, 2.05) is 0 Å². The average molecular weight is 645 g/mol. The Morgan fingerprint density at radius 2 is 0.913 bits per heavy atom. The Bertz CT molecular complexity index is 797. The van der Waals surface area contributed by atoms with Crippen molar-refractivity contribution in [3.05, 3.63) is 48.6 Å². The number of carbonyl (C=O) groups excluding carboxylic acids is 2. The molecule has 2 N–H and O–H groups in total. The lowest BCUT2D eigenvalue weighted by Crippen LogP contribution is -2.40. The summed E-state index contributed by atoms with van der Waals surface area (Å²) in [6.07, 6.45) is 43.1. The molecule has 2 atom stereocenters. The number of aliphatic hydroxyl groups is 2. The molecule has 0 fully saturated rings. The van der Waals surface area contributed by atoms with Crippen molar-refractivity contribution < 1.29 is 24.5 Å². The number of ketones is 1. The number of unbranched alkanes of at least 4 members (excludes halogenated alkanes) is 18. The van der Waals surface area contributed by atoms with Crippen molar-refractivity contribution in [2.45, 2.75) is 193 Å². The highest BCUT2D eigenvalue weighted by Gasteiger charge is 2.28. The standard InChI is InChI=1S/C41H72O5/c1-3-5-7-9-11-13-15-17-19-20-22-24-26-28-30-32-34-36-40(44)46-39(37-42)41(45)38(43)35-33-31-29-27-25-23-21-18-16-14-12-10-8-6-4-2/h11,13,17,19,22,24,28,30,39,41-42,45H,3-10,12,14-16,18,20-21,23,25-27,29,31-37H2,1-2H3/b13-11-,19-17-,24-22-,30-28-/t39-,41?/m0/s1. The van der Waals surface area contributed by atoms with Gasteiger partial charge in [-0.05, 0) is 51.4 Å². The van der Waals surface area contributed by atoms with Crippen molar-refractivity contribution in [3.63, 3.8) is 0 Å². The molecule has 1 unspecified atom stereocenters. The third-order valence-corrected chi connectivity index (χ3v) is 8.38. The van der Waals surface area contributed by atoms with Crippen molar-refractivity contribution in [1.29, 1.82) is 0 Å². The van der Waals surface area contributed by atoms with Crippen LogP contribution in [0.2, 0.25) is 0 Å². The molecule has 0 saturated heterocycles. The van der Waals surface area contributed by atoms with E-state index in [9.17, 15) is 19.8 Å². The Kier molecular flexibility index (Phi) is 34.3. The maximum Gasteiger partial charge on any atom is 0.306 e. The number of allylic oxidation sites excluding steroid dienone is 8. The van der Waals surface area contributed by atoms with Crippen molar-refractivity contribution in [3.8, 4) is 0 Å². The SMILES string of the molecule is CCCCC/C=C\C/C=C\C/C=C\C/C=C\CCCC(=O)O[C@@H](CO)C(O)C(=O)CCCCCCCCCCCCCCCCC. The van der Waals surface area contributed by atoms with Crippen LogP contribution < -0.4 is 0 Å². The van der Waals surface area contributed by atoms with Crippen LogP contribution in [0.15, 0.2) is 48.6 Å². The second kappa shape index (κ2) is 35.9. The Morgan fingerprint density at radius 1 is 0.522 bits per heavy atom. The Balaban J connectivity index is 3.81. The van der Waals surface area contributed by atoms with Crippen LogP contribution in [0.25, 0.3) is 0 Å². The molecule has 0 aromatic rings. The first-order valence-corrected chi connectivity index (χ1v) is 19.2. The molecule has 5 heteroatoms. The summed E-state index contributed by atoms with van der Waals surface area (Å²) in [6.45, 7) is 3.93. The molecular weight excluding hydrogens is 572 g/mol. The Morgan fingerprint density at radius 3 is 1.37 bits per heavy atom. The summed E-state index contributed by atoms with van der Waals surface area (Å²) < 4.78 is 5.23. The van der Waals surface area contributed by atoms with Gasteiger partial charge in [-0.1, -0.05) is 165 Å². The van der Waals surface area contributed by atoms with Crippen molar-refractivity contribution >= 4 is 11.8 Å². The number of esters is 1. The smallest absolute Gasteiger partial charge is 0.306 e. The molecule has 0 aromatic carbocycles. The van der Waals surface area contributed by atoms with Crippen LogP contribution in [-0.2, 0) is 14.3 Å². The van der Waals surface area contributed by atoms with Crippen LogP contribution in [0.1, 0.15) is 181 Å². The Labute approximate surface area is 284 Å². The summed E-state index contributed by atoms with van der Waals surface area (Å²) in [4.78, 5) is 24.6. The van der Waals surface area contributed by atoms with E-state index in [2.05, 4.69) is 62.5 Å². The fourth-order valence-corrected chi connectivity index (χ4v) is 5.38. The van der Waals surface area contributed by atoms with Crippen LogP contribution in [0.4, 0.5) is 0 Å². The number of rotatable bonds is 34. The molecular formula is C41H72O5. The normalized spacial score (nSPS) is 13.5. The fourth-order valence-electron chi connectivity index (χ4n) is 5.38. The van der Waals surface area contributed by atoms with Gasteiger partial charge in [0, 0.05) is 12.8 Å². The average Bonchev–Trinajstić information content (AvgIpc) is 3.06. The molecule has 0 aromatic heterocycles. The zero-order chi connectivity index (χ0) is 33.8. The molecule has 0 aliphatic heterocycles. The van der Waals surface area contributed by atoms with Gasteiger partial charge in [0.05, 0.1) is 6.61 Å². The van der Waals surface area contributed by atoms with Crippen molar-refractivity contribution in [2.24, 2.45) is 0 Å². The van der Waals surface area contributed by atoms with Gasteiger partial charge in [-0.25, -0.2) is 0 Å². The van der Waals surface area contributed by atoms with E-state index < -0.39 is 24.8 Å². The minimum atomic E-state index is -1.46. The van der Waals surface area contributed by atoms with E-state index in [1.54, 1.807) is 0 Å². The van der Waals surface area contributed by atoms with Crippen molar-refractivity contribution in [2.75, 3.05) is 6.61 Å². The third kappa shape index (κ3) is 30.7. The molecule has 0 bridgehead atoms. The van der Waals surface area contributed by atoms with Gasteiger partial charge in [0.1, 0.15) is 0 Å². The summed E-state index contributed by atoms with van der Waals surface area (Å²) in [5.74, 6) is -0.851. The molecule has 5 nitrogen and oxygen atoms in total. The maximum absolute atomic E-state index is 12.4. The van der Waals surface area contributed by atoms with E-state index in [4.69, 9.17) is 4.74 Å². The quantitative estimate of drug-likeness (QED) is 0.0414. The van der Waals surface area contributed by atoms with Gasteiger partial charge >= 0.3 is 5.97 Å². The van der Waals surface area contributed by atoms with Crippen LogP contribution in [0.5, 0.6) is 0 Å². The first kappa shape index (κ1) is 44.0. The third-order valence-electron chi connectivity index (χ3n) is 8.38. The van der Waals surface area contributed by atoms with Crippen LogP contribution >= 0.6 is 0 Å². The monoisotopic (exact) mass is 645 g/mol. The number of aliphatic hydroxyl groups excluding tert-OH is 2. The van der Waals surface area contributed by atoms with Gasteiger partial charge in [-0.3, -0.25) is 9.59 Å². The highest BCUT2D eigenvalue weighted by Crippen LogP contribution is 2.15. The van der Waals surface area contributed by atoms with Gasteiger partial charge in [-0.15, -0.1) is 0 Å². The summed E-state index contributed by atoms with van der Waals surface area (Å²) in [5, 5.41) is 20.0. The van der Waals surface area contributed by atoms with E-state index >= 15 is 0 Å². The minimum Gasteiger partial charge on any atom is -0.457 e. The number of ether oxygens (including phenoxy) is 1. The zero-order valence-corrected chi connectivity index (χ0v) is 30.0. The van der Waals surface area contributed by atoms with Gasteiger partial charge in [0.2, 0.25) is 0 Å². The molecule has 0 rings (SSSR count). The van der Waals surface area contributed by atoms with E-state index in [-0.39, 0.29) is 18.6 Å². The summed E-state index contributed by atoms with van der Waals surface area (Å²) in [5.41, 5.74) is 0. The summed E-state index contributed by atoms with van der Waals surface area (Å²) in [7, 11) is 0. The zero-order valence-electron chi connectivity index (χ0n) is 30.0. The van der Waals surface area contributed by atoms with Crippen LogP contribution in [0.3, 0.4) is 0 Å². The molecule has 0 heterocycles. The molecule has 46 heavy (non-hydrogen) atoms. The number of hydrogen-bond acceptors (Lipinski definition) is 5. The first-order valence-electron chi connectivity index (χ1n) is 19.2. The summed E-state index contributed by atoms with van der Waals surface area (Å²) >= 11 is 0. The van der Waals surface area contributed by atoms with E-state index in [0.717, 1.165) is 44.9 Å². The highest BCUT2D eigenvalue weighted by molar-refractivity contribution is 5.83. The molecule has 0 amide bonds. The van der Waals surface area contributed by atoms with Gasteiger partial charge in [0.25, 0.3) is 0 Å². The van der Waals surface area contributed by atoms with Gasteiger partial charge in [0.15, 0.2) is 18.0 Å². The second-order valence-corrected chi connectivity index (χ2v) is 12.8. The molecule has 0 saturated carbocycles. The van der Waals surface area contributed by atoms with Crippen molar-refractivity contribution in [1.82, 2.24) is 0 Å². The van der Waals surface area contributed by atoms with Gasteiger partial charge < -0.3 is 14.9 Å². The largest absolute Gasteiger partial charge is 0.457 e. The number of carbonyl (C=O) groups is 2. The topological polar surface area (TPSA) is 83.8 Å². The van der Waals surface area contributed by atoms with E-state index in [1.165, 1.54) is 103 Å². The Hall–Kier alpha value is -1.98. The van der Waals surface area contributed by atoms with Gasteiger partial charge in [-0.2, -0.15) is 0 Å². The molecule has 0 aliphatic carbocycles. The molecule has 0 radical (unpaired) electrons. The van der Waals surface area contributed by atoms with Crippen LogP contribution in [-0.4, -0.2) is 40.8 Å². The number of hydrogen-bond donors (Lipinski definition) is 2. The second-order valence-electron chi connectivity index (χ2n) is 12.8. The lowest BCUT2D eigenvalue weighted by Gasteiger charge is -2.20. The van der Waals surface area contributed by atoms with Crippen LogP contribution in [0, 0.1) is 0 Å². The fraction of sp³-hybridized carbons (Fsp3) is 0.756. The molecule has 266 valence electrons. The lowest BCUT2D eigenvalue weighted by molar-refractivity contribution is -0.161. The predicted octanol–water partition coefficient (Wildman–Crippen LogP) is 11.2. The molecule has 0 aliphatic rings. The lowest BCUT2D eigenvalue weighted by atomic mass is 10.0. The first-order chi connectivity index (χ1) is 22.6. The number of Topliss-reactive ketones (excluding diaryl/α,β-unsaturated/α-hetero) is 1. The molecule has 0 spiro atoms. The minimum absolute atomic E-state index is 0.189. The van der Waals surface area contributed by atoms with E-state index in [0.29, 0.717) is 6.42 Å². The maximum atomic E-state index is 12.4. The predicted molar refractivity (Wildman–Crippen MR) is 196 cm³/mol. The summed E-state index contributed by atoms with van der Waals surface area (Å²) in [6, 6.07) is 0.